The summed E-state index contributed by atoms with van der Waals surface area (Å²) in [6, 6.07) is 13.5. The second-order valence-electron chi connectivity index (χ2n) is 6.88. The number of amides is 1. The van der Waals surface area contributed by atoms with E-state index in [1.54, 1.807) is 7.05 Å². The average Bonchev–Trinajstić information content (AvgIpc) is 2.81. The van der Waals surface area contributed by atoms with E-state index in [9.17, 15) is 18.0 Å². The zero-order chi connectivity index (χ0) is 24.3. The molecule has 2 N–H and O–H groups in total. The Morgan fingerprint density at radius 2 is 1.74 bits per heavy atom. The van der Waals surface area contributed by atoms with Crippen molar-refractivity contribution in [2.45, 2.75) is 6.36 Å². The van der Waals surface area contributed by atoms with Crippen LogP contribution < -0.4 is 20.1 Å². The molecule has 0 aliphatic carbocycles. The topological polar surface area (TPSA) is 85.4 Å². The maximum Gasteiger partial charge on any atom is 0.573 e. The van der Waals surface area contributed by atoms with Crippen LogP contribution in [0, 0.1) is 5.82 Å². The number of carbonyl (C=O) groups is 1. The zero-order valence-electron chi connectivity index (χ0n) is 17.5. The van der Waals surface area contributed by atoms with E-state index >= 15 is 4.39 Å². The van der Waals surface area contributed by atoms with Crippen molar-refractivity contribution in [2.75, 3.05) is 17.7 Å². The summed E-state index contributed by atoms with van der Waals surface area (Å²) in [6.45, 7) is 0. The third kappa shape index (κ3) is 5.14. The Bertz CT molecular complexity index is 1340. The highest BCUT2D eigenvalue weighted by molar-refractivity contribution is 6.13. The number of fused-ring (bicyclic) bond motifs is 1. The summed E-state index contributed by atoms with van der Waals surface area (Å²) in [5.74, 6) is -1.34. The number of alkyl halides is 3. The van der Waals surface area contributed by atoms with E-state index in [1.807, 2.05) is 0 Å². The number of halogens is 4. The fourth-order valence-electron chi connectivity index (χ4n) is 3.15. The molecule has 0 bridgehead atoms. The highest BCUT2D eigenvalue weighted by Gasteiger charge is 2.31. The molecule has 3 aromatic carbocycles. The summed E-state index contributed by atoms with van der Waals surface area (Å²) in [5, 5.41) is 5.79. The summed E-state index contributed by atoms with van der Waals surface area (Å²) in [5.41, 5.74) is 0.402. The summed E-state index contributed by atoms with van der Waals surface area (Å²) in [6.07, 6.45) is -3.36. The van der Waals surface area contributed by atoms with Crippen molar-refractivity contribution in [2.24, 2.45) is 0 Å². The lowest BCUT2D eigenvalue weighted by Gasteiger charge is -2.12. The minimum atomic E-state index is -4.82. The van der Waals surface area contributed by atoms with Crippen LogP contribution in [0.3, 0.4) is 0 Å². The van der Waals surface area contributed by atoms with Crippen LogP contribution in [0.15, 0.2) is 66.9 Å². The molecule has 1 heterocycles. The van der Waals surface area contributed by atoms with Gasteiger partial charge >= 0.3 is 6.36 Å². The molecule has 0 spiro atoms. The van der Waals surface area contributed by atoms with Gasteiger partial charge in [-0.3, -0.25) is 4.79 Å². The molecule has 0 aliphatic heterocycles. The predicted octanol–water partition coefficient (Wildman–Crippen LogP) is 5.75. The lowest BCUT2D eigenvalue weighted by atomic mass is 10.0. The Kier molecular flexibility index (Phi) is 6.17. The van der Waals surface area contributed by atoms with Gasteiger partial charge < -0.3 is 20.1 Å². The molecule has 11 heteroatoms. The van der Waals surface area contributed by atoms with Crippen molar-refractivity contribution in [1.82, 2.24) is 9.97 Å². The number of hydrogen-bond donors (Lipinski definition) is 2. The lowest BCUT2D eigenvalue weighted by molar-refractivity contribution is -0.274. The molecule has 174 valence electrons. The van der Waals surface area contributed by atoms with Crippen molar-refractivity contribution in [3.05, 3.63) is 78.2 Å². The van der Waals surface area contributed by atoms with Crippen LogP contribution in [0.2, 0.25) is 0 Å². The molecule has 4 rings (SSSR count). The first-order valence-electron chi connectivity index (χ1n) is 9.80. The van der Waals surface area contributed by atoms with Gasteiger partial charge in [-0.05, 0) is 47.9 Å². The summed E-state index contributed by atoms with van der Waals surface area (Å²) in [4.78, 5) is 20.8. The fraction of sp³-hybridized carbons (Fsp3) is 0.0870. The Morgan fingerprint density at radius 3 is 2.44 bits per heavy atom. The molecular weight excluding hydrogens is 456 g/mol. The Morgan fingerprint density at radius 1 is 0.971 bits per heavy atom. The second-order valence-corrected chi connectivity index (χ2v) is 6.88. The van der Waals surface area contributed by atoms with Gasteiger partial charge in [0, 0.05) is 35.9 Å². The number of benzene rings is 3. The maximum atomic E-state index is 15.2. The summed E-state index contributed by atoms with van der Waals surface area (Å²) >= 11 is 0. The molecule has 1 amide bonds. The quantitative estimate of drug-likeness (QED) is 0.348. The van der Waals surface area contributed by atoms with Gasteiger partial charge in [0.15, 0.2) is 11.6 Å². The minimum Gasteiger partial charge on any atom is -0.436 e. The average molecular weight is 472 g/mol. The summed E-state index contributed by atoms with van der Waals surface area (Å²) < 4.78 is 61.4. The number of hydrogen-bond acceptors (Lipinski definition) is 6. The highest BCUT2D eigenvalue weighted by Crippen LogP contribution is 2.32. The molecule has 0 atom stereocenters. The van der Waals surface area contributed by atoms with E-state index < -0.39 is 23.8 Å². The van der Waals surface area contributed by atoms with E-state index in [-0.39, 0.29) is 28.3 Å². The first-order chi connectivity index (χ1) is 16.2. The Hall–Kier alpha value is -4.41. The molecule has 1 aromatic heterocycles. The molecule has 4 aromatic rings. The first kappa shape index (κ1) is 22.8. The van der Waals surface area contributed by atoms with Crippen LogP contribution in [0.25, 0.3) is 10.8 Å². The Labute approximate surface area is 190 Å². The normalized spacial score (nSPS) is 11.2. The summed E-state index contributed by atoms with van der Waals surface area (Å²) in [7, 11) is 1.63. The number of aromatic nitrogens is 2. The van der Waals surface area contributed by atoms with Crippen molar-refractivity contribution >= 4 is 28.3 Å². The Balaban J connectivity index is 1.57. The van der Waals surface area contributed by atoms with Crippen LogP contribution >= 0.6 is 0 Å². The van der Waals surface area contributed by atoms with E-state index in [4.69, 9.17) is 4.74 Å². The van der Waals surface area contributed by atoms with Crippen LogP contribution in [-0.2, 0) is 0 Å². The van der Waals surface area contributed by atoms with Gasteiger partial charge in [-0.15, -0.1) is 13.2 Å². The standard InChI is InChI=1S/C23H16F4N4O3/c1-28-22-29-12-11-19(31-22)33-18-10-9-15-16(20(18)24)3-2-4-17(15)21(32)30-13-5-7-14(8-6-13)34-23(25,26)27/h2-12H,1H3,(H,30,32)(H,28,29,31). The third-order valence-electron chi connectivity index (χ3n) is 4.62. The van der Waals surface area contributed by atoms with E-state index in [2.05, 4.69) is 25.3 Å². The zero-order valence-corrected chi connectivity index (χ0v) is 17.5. The van der Waals surface area contributed by atoms with Gasteiger partial charge in [-0.2, -0.15) is 4.98 Å². The van der Waals surface area contributed by atoms with Crippen LogP contribution in [0.1, 0.15) is 10.4 Å². The second kappa shape index (κ2) is 9.22. The minimum absolute atomic E-state index is 0.0916. The number of nitrogens with zero attached hydrogens (tertiary/aromatic N) is 2. The predicted molar refractivity (Wildman–Crippen MR) is 117 cm³/mol. The highest BCUT2D eigenvalue weighted by atomic mass is 19.4. The number of anilines is 2. The third-order valence-corrected chi connectivity index (χ3v) is 4.62. The first-order valence-corrected chi connectivity index (χ1v) is 9.80. The lowest BCUT2D eigenvalue weighted by Crippen LogP contribution is -2.17. The SMILES string of the molecule is CNc1nccc(Oc2ccc3c(C(=O)Nc4ccc(OC(F)(F)F)cc4)cccc3c2F)n1. The number of nitrogens with one attached hydrogen (secondary N) is 2. The van der Waals surface area contributed by atoms with E-state index in [1.165, 1.54) is 54.7 Å². The molecular formula is C23H16F4N4O3. The molecule has 0 aliphatic rings. The monoisotopic (exact) mass is 472 g/mol. The fourth-order valence-corrected chi connectivity index (χ4v) is 3.15. The number of carbonyl (C=O) groups excluding carboxylic acids is 1. The van der Waals surface area contributed by atoms with Gasteiger partial charge in [0.25, 0.3) is 5.91 Å². The molecule has 0 saturated heterocycles. The molecule has 0 unspecified atom stereocenters. The van der Waals surface area contributed by atoms with Crippen molar-refractivity contribution < 1.29 is 31.8 Å². The van der Waals surface area contributed by atoms with Gasteiger partial charge in [0.05, 0.1) is 0 Å². The molecule has 0 saturated carbocycles. The number of ether oxygens (including phenoxy) is 2. The van der Waals surface area contributed by atoms with Gasteiger partial charge in [0.2, 0.25) is 11.8 Å². The van der Waals surface area contributed by atoms with E-state index in [0.717, 1.165) is 12.1 Å². The maximum absolute atomic E-state index is 15.2. The van der Waals surface area contributed by atoms with E-state index in [0.29, 0.717) is 11.3 Å². The van der Waals surface area contributed by atoms with Crippen LogP contribution in [0.4, 0.5) is 29.2 Å². The van der Waals surface area contributed by atoms with Crippen LogP contribution in [0.5, 0.6) is 17.4 Å². The van der Waals surface area contributed by atoms with Crippen molar-refractivity contribution in [3.63, 3.8) is 0 Å². The van der Waals surface area contributed by atoms with Crippen molar-refractivity contribution in [1.29, 1.82) is 0 Å². The van der Waals surface area contributed by atoms with Crippen LogP contribution in [-0.4, -0.2) is 29.3 Å². The smallest absolute Gasteiger partial charge is 0.436 e. The van der Waals surface area contributed by atoms with Gasteiger partial charge in [-0.25, -0.2) is 9.37 Å². The van der Waals surface area contributed by atoms with Crippen molar-refractivity contribution in [3.8, 4) is 17.4 Å². The van der Waals surface area contributed by atoms with Gasteiger partial charge in [-0.1, -0.05) is 12.1 Å². The molecule has 0 fully saturated rings. The largest absolute Gasteiger partial charge is 0.573 e. The number of rotatable bonds is 6. The molecule has 0 radical (unpaired) electrons. The molecule has 7 nitrogen and oxygen atoms in total. The van der Waals surface area contributed by atoms with Gasteiger partial charge in [0.1, 0.15) is 5.75 Å². The molecule has 34 heavy (non-hydrogen) atoms.